The van der Waals surface area contributed by atoms with E-state index in [0.717, 1.165) is 0 Å². The first kappa shape index (κ1) is 13.9. The van der Waals surface area contributed by atoms with Crippen molar-refractivity contribution in [2.75, 3.05) is 11.3 Å². The maximum atomic E-state index is 12.3. The number of nitrogens with two attached hydrogens (primary N) is 1. The number of nitrogens with zero attached hydrogens (tertiary/aromatic N) is 1. The van der Waals surface area contributed by atoms with Gasteiger partial charge in [-0.3, -0.25) is 4.72 Å². The van der Waals surface area contributed by atoms with Crippen LogP contribution in [0.4, 0.5) is 5.82 Å². The largest absolute Gasteiger partial charge is 0.493 e. The number of ether oxygens (including phenoxy) is 1. The molecule has 0 bridgehead atoms. The molecule has 1 aromatic carbocycles. The average Bonchev–Trinajstić information content (AvgIpc) is 2.83. The smallest absolute Gasteiger partial charge is 0.263 e. The first-order valence-corrected chi connectivity index (χ1v) is 7.92. The van der Waals surface area contributed by atoms with Crippen molar-refractivity contribution in [3.8, 4) is 5.75 Å². The van der Waals surface area contributed by atoms with Crippen LogP contribution in [0.5, 0.6) is 5.75 Å². The van der Waals surface area contributed by atoms with Crippen molar-refractivity contribution in [1.82, 2.24) is 5.16 Å². The molecule has 1 atom stereocenters. The Hall–Kier alpha value is -2.06. The van der Waals surface area contributed by atoms with Gasteiger partial charge >= 0.3 is 0 Å². The number of hydrogen-bond acceptors (Lipinski definition) is 6. The minimum absolute atomic E-state index is 0.114. The quantitative estimate of drug-likeness (QED) is 0.891. The fourth-order valence-corrected chi connectivity index (χ4v) is 3.20. The first-order valence-electron chi connectivity index (χ1n) is 6.44. The van der Waals surface area contributed by atoms with Crippen LogP contribution < -0.4 is 15.2 Å². The third-order valence-corrected chi connectivity index (χ3v) is 4.60. The van der Waals surface area contributed by atoms with E-state index in [1.807, 2.05) is 0 Å². The highest BCUT2D eigenvalue weighted by Crippen LogP contribution is 2.32. The van der Waals surface area contributed by atoms with Crippen LogP contribution in [0.2, 0.25) is 0 Å². The maximum Gasteiger partial charge on any atom is 0.263 e. The average molecular weight is 309 g/mol. The predicted octanol–water partition coefficient (Wildman–Crippen LogP) is 1.57. The second-order valence-electron chi connectivity index (χ2n) is 4.87. The van der Waals surface area contributed by atoms with Crippen molar-refractivity contribution in [3.63, 3.8) is 0 Å². The van der Waals surface area contributed by atoms with Crippen LogP contribution in [0.15, 0.2) is 33.7 Å². The SMILES string of the molecule is Cc1cc(NS(=O)(=O)c2ccc3c(c2)C(N)CCO3)no1. The number of aromatic nitrogens is 1. The van der Waals surface area contributed by atoms with Gasteiger partial charge in [-0.2, -0.15) is 0 Å². The molecule has 2 aromatic rings. The van der Waals surface area contributed by atoms with E-state index >= 15 is 0 Å². The molecule has 1 aromatic heterocycles. The molecule has 2 heterocycles. The molecule has 0 amide bonds. The maximum absolute atomic E-state index is 12.3. The zero-order valence-corrected chi connectivity index (χ0v) is 12.2. The molecule has 1 unspecified atom stereocenters. The second kappa shape index (κ2) is 5.05. The lowest BCUT2D eigenvalue weighted by molar-refractivity contribution is 0.268. The molecule has 3 N–H and O–H groups in total. The molecule has 0 saturated heterocycles. The summed E-state index contributed by atoms with van der Waals surface area (Å²) in [6.07, 6.45) is 0.659. The Labute approximate surface area is 122 Å². The summed E-state index contributed by atoms with van der Waals surface area (Å²) in [4.78, 5) is 0.114. The topological polar surface area (TPSA) is 107 Å². The monoisotopic (exact) mass is 309 g/mol. The molecule has 21 heavy (non-hydrogen) atoms. The summed E-state index contributed by atoms with van der Waals surface area (Å²) in [7, 11) is -3.74. The molecule has 0 radical (unpaired) electrons. The highest BCUT2D eigenvalue weighted by molar-refractivity contribution is 7.92. The van der Waals surface area contributed by atoms with Crippen LogP contribution in [0, 0.1) is 6.92 Å². The number of anilines is 1. The van der Waals surface area contributed by atoms with Crippen LogP contribution in [0.1, 0.15) is 23.8 Å². The van der Waals surface area contributed by atoms with E-state index in [9.17, 15) is 8.42 Å². The first-order chi connectivity index (χ1) is 9.95. The van der Waals surface area contributed by atoms with E-state index in [0.29, 0.717) is 30.1 Å². The van der Waals surface area contributed by atoms with Crippen molar-refractivity contribution in [2.45, 2.75) is 24.3 Å². The van der Waals surface area contributed by atoms with Crippen LogP contribution >= 0.6 is 0 Å². The van der Waals surface area contributed by atoms with Gasteiger partial charge in [-0.25, -0.2) is 8.42 Å². The van der Waals surface area contributed by atoms with Crippen LogP contribution in [0.25, 0.3) is 0 Å². The third kappa shape index (κ3) is 2.72. The molecule has 0 aliphatic carbocycles. The molecule has 1 aliphatic heterocycles. The van der Waals surface area contributed by atoms with Crippen molar-refractivity contribution in [1.29, 1.82) is 0 Å². The summed E-state index contributed by atoms with van der Waals surface area (Å²) in [5, 5.41) is 3.61. The summed E-state index contributed by atoms with van der Waals surface area (Å²) < 4.78 is 37.3. The van der Waals surface area contributed by atoms with Crippen molar-refractivity contribution in [2.24, 2.45) is 5.73 Å². The molecule has 0 spiro atoms. The van der Waals surface area contributed by atoms with Gasteiger partial charge in [0.25, 0.3) is 10.0 Å². The highest BCUT2D eigenvalue weighted by atomic mass is 32.2. The van der Waals surface area contributed by atoms with E-state index in [4.69, 9.17) is 15.0 Å². The molecule has 8 heteroatoms. The molecule has 1 aliphatic rings. The molecule has 112 valence electrons. The predicted molar refractivity (Wildman–Crippen MR) is 75.5 cm³/mol. The summed E-state index contributed by atoms with van der Waals surface area (Å²) in [5.41, 5.74) is 6.69. The van der Waals surface area contributed by atoms with E-state index in [1.54, 1.807) is 13.0 Å². The normalized spacial score (nSPS) is 17.9. The molecule has 0 saturated carbocycles. The molecule has 7 nitrogen and oxygen atoms in total. The van der Waals surface area contributed by atoms with Crippen LogP contribution in [0.3, 0.4) is 0 Å². The summed E-state index contributed by atoms with van der Waals surface area (Å²) in [6.45, 7) is 2.22. The van der Waals surface area contributed by atoms with Gasteiger partial charge in [-0.1, -0.05) is 5.16 Å². The minimum Gasteiger partial charge on any atom is -0.493 e. The Balaban J connectivity index is 1.94. The Morgan fingerprint density at radius 2 is 2.19 bits per heavy atom. The van der Waals surface area contributed by atoms with Gasteiger partial charge in [-0.15, -0.1) is 0 Å². The Kier molecular flexibility index (Phi) is 3.34. The fraction of sp³-hybridized carbons (Fsp3) is 0.308. The van der Waals surface area contributed by atoms with Crippen LogP contribution in [-0.4, -0.2) is 20.2 Å². The Morgan fingerprint density at radius 3 is 2.90 bits per heavy atom. The Bertz CT molecular complexity index is 769. The van der Waals surface area contributed by atoms with Crippen molar-refractivity contribution in [3.05, 3.63) is 35.6 Å². The summed E-state index contributed by atoms with van der Waals surface area (Å²) in [5.74, 6) is 1.30. The highest BCUT2D eigenvalue weighted by Gasteiger charge is 2.23. The minimum atomic E-state index is -3.74. The second-order valence-corrected chi connectivity index (χ2v) is 6.55. The number of benzene rings is 1. The van der Waals surface area contributed by atoms with Crippen molar-refractivity contribution < 1.29 is 17.7 Å². The van der Waals surface area contributed by atoms with E-state index < -0.39 is 10.0 Å². The Morgan fingerprint density at radius 1 is 1.38 bits per heavy atom. The van der Waals surface area contributed by atoms with E-state index in [2.05, 4.69) is 9.88 Å². The van der Waals surface area contributed by atoms with E-state index in [1.165, 1.54) is 18.2 Å². The van der Waals surface area contributed by atoms with Crippen molar-refractivity contribution >= 4 is 15.8 Å². The summed E-state index contributed by atoms with van der Waals surface area (Å²) >= 11 is 0. The van der Waals surface area contributed by atoms with Crippen LogP contribution in [-0.2, 0) is 10.0 Å². The number of nitrogens with one attached hydrogen (secondary N) is 1. The lowest BCUT2D eigenvalue weighted by Crippen LogP contribution is -2.21. The number of aryl methyl sites for hydroxylation is 1. The molecular weight excluding hydrogens is 294 g/mol. The molecule has 0 fully saturated rings. The van der Waals surface area contributed by atoms with Gasteiger partial charge in [0.05, 0.1) is 11.5 Å². The van der Waals surface area contributed by atoms with Gasteiger partial charge in [0.15, 0.2) is 5.82 Å². The lowest BCUT2D eigenvalue weighted by atomic mass is 10.0. The number of hydrogen-bond donors (Lipinski definition) is 2. The summed E-state index contributed by atoms with van der Waals surface area (Å²) in [6, 6.07) is 5.92. The third-order valence-electron chi connectivity index (χ3n) is 3.24. The van der Waals surface area contributed by atoms with Gasteiger partial charge < -0.3 is 15.0 Å². The van der Waals surface area contributed by atoms with E-state index in [-0.39, 0.29) is 16.8 Å². The van der Waals surface area contributed by atoms with Gasteiger partial charge in [-0.05, 0) is 25.1 Å². The lowest BCUT2D eigenvalue weighted by Gasteiger charge is -2.23. The van der Waals surface area contributed by atoms with Gasteiger partial charge in [0, 0.05) is 24.1 Å². The zero-order chi connectivity index (χ0) is 15.0. The molecular formula is C13H15N3O4S. The van der Waals surface area contributed by atoms with Gasteiger partial charge in [0.1, 0.15) is 11.5 Å². The number of sulfonamides is 1. The molecule has 3 rings (SSSR count). The zero-order valence-electron chi connectivity index (χ0n) is 11.4. The number of rotatable bonds is 3. The standard InChI is InChI=1S/C13H15N3O4S/c1-8-6-13(15-20-8)16-21(17,18)9-2-3-12-10(7-9)11(14)4-5-19-12/h2-3,6-7,11H,4-5,14H2,1H3,(H,15,16). The number of fused-ring (bicyclic) bond motifs is 1. The fourth-order valence-electron chi connectivity index (χ4n) is 2.18. The van der Waals surface area contributed by atoms with Gasteiger partial charge in [0.2, 0.25) is 0 Å².